The summed E-state index contributed by atoms with van der Waals surface area (Å²) in [6.45, 7) is 0.503. The average molecular weight is 421 g/mol. The van der Waals surface area contributed by atoms with Crippen LogP contribution < -0.4 is 4.90 Å². The summed E-state index contributed by atoms with van der Waals surface area (Å²) >= 11 is 0. The molecule has 0 bridgehead atoms. The van der Waals surface area contributed by atoms with Gasteiger partial charge < -0.3 is 9.64 Å². The smallest absolute Gasteiger partial charge is 0.260 e. The molecule has 1 atom stereocenters. The molecule has 0 spiro atoms. The number of halogens is 2. The molecule has 1 fully saturated rings. The molecule has 0 amide bonds. The number of morpholine rings is 1. The Hall–Kier alpha value is -2.46. The first-order valence-electron chi connectivity index (χ1n) is 9.15. The van der Waals surface area contributed by atoms with Crippen LogP contribution in [0, 0.1) is 0 Å². The molecule has 0 unspecified atom stereocenters. The molecule has 4 rings (SSSR count). The highest BCUT2D eigenvalue weighted by molar-refractivity contribution is 7.92. The van der Waals surface area contributed by atoms with Gasteiger partial charge in [-0.25, -0.2) is 23.0 Å². The SMILES string of the molecule is CS(C)(=O)=Nc1cc(N2CCOC[C@H]2C(F)F)nc(-c2ccnc3c2C=CC3)n1. The number of fused-ring (bicyclic) bond motifs is 1. The first-order chi connectivity index (χ1) is 13.8. The Morgan fingerprint density at radius 1 is 1.34 bits per heavy atom. The van der Waals surface area contributed by atoms with E-state index in [4.69, 9.17) is 4.74 Å². The van der Waals surface area contributed by atoms with Crippen molar-refractivity contribution in [3.63, 3.8) is 0 Å². The number of alkyl halides is 2. The lowest BCUT2D eigenvalue weighted by atomic mass is 10.1. The van der Waals surface area contributed by atoms with Crippen molar-refractivity contribution in [2.45, 2.75) is 18.9 Å². The van der Waals surface area contributed by atoms with E-state index in [-0.39, 0.29) is 19.0 Å². The zero-order valence-corrected chi connectivity index (χ0v) is 16.9. The van der Waals surface area contributed by atoms with Crippen LogP contribution >= 0.6 is 0 Å². The summed E-state index contributed by atoms with van der Waals surface area (Å²) < 4.78 is 48.8. The highest BCUT2D eigenvalue weighted by atomic mass is 32.2. The van der Waals surface area contributed by atoms with E-state index in [1.165, 1.54) is 23.5 Å². The van der Waals surface area contributed by atoms with Crippen molar-refractivity contribution in [2.24, 2.45) is 4.36 Å². The van der Waals surface area contributed by atoms with Crippen LogP contribution in [0.4, 0.5) is 20.4 Å². The minimum atomic E-state index is -2.59. The van der Waals surface area contributed by atoms with Crippen LogP contribution in [-0.2, 0) is 20.9 Å². The standard InChI is InChI=1S/C19H21F2N5O2S/c1-29(2,27)25-16-10-17(26-8-9-28-11-15(26)18(20)21)24-19(23-16)13-6-7-22-14-5-3-4-12(13)14/h3-4,6-7,10,15,18H,5,8-9,11H2,1-2H3/t15-/m0/s1. The Kier molecular flexibility index (Phi) is 5.30. The fraction of sp³-hybridized carbons (Fsp3) is 0.421. The van der Waals surface area contributed by atoms with Gasteiger partial charge in [0.15, 0.2) is 11.6 Å². The van der Waals surface area contributed by atoms with Crippen molar-refractivity contribution in [3.8, 4) is 11.4 Å². The van der Waals surface area contributed by atoms with Crippen molar-refractivity contribution >= 4 is 27.4 Å². The van der Waals surface area contributed by atoms with Gasteiger partial charge in [0.25, 0.3) is 6.43 Å². The van der Waals surface area contributed by atoms with E-state index in [2.05, 4.69) is 19.3 Å². The van der Waals surface area contributed by atoms with Crippen LogP contribution in [0.15, 0.2) is 28.8 Å². The normalized spacial score (nSPS) is 18.9. The molecular weight excluding hydrogens is 400 g/mol. The van der Waals surface area contributed by atoms with Gasteiger partial charge in [0.2, 0.25) is 0 Å². The predicted octanol–water partition coefficient (Wildman–Crippen LogP) is 2.94. The fourth-order valence-corrected chi connectivity index (χ4v) is 3.97. The van der Waals surface area contributed by atoms with Crippen LogP contribution in [-0.4, -0.2) is 63.9 Å². The number of pyridine rings is 1. The van der Waals surface area contributed by atoms with Gasteiger partial charge >= 0.3 is 0 Å². The van der Waals surface area contributed by atoms with Crippen molar-refractivity contribution in [1.82, 2.24) is 15.0 Å². The maximum absolute atomic E-state index is 13.6. The van der Waals surface area contributed by atoms with Crippen LogP contribution in [0.1, 0.15) is 11.3 Å². The molecule has 2 aromatic rings. The minimum Gasteiger partial charge on any atom is -0.377 e. The summed E-state index contributed by atoms with van der Waals surface area (Å²) in [5.74, 6) is 0.861. The third-order valence-corrected chi connectivity index (χ3v) is 5.30. The van der Waals surface area contributed by atoms with E-state index in [0.717, 1.165) is 23.2 Å². The van der Waals surface area contributed by atoms with E-state index in [0.29, 0.717) is 18.2 Å². The molecule has 0 radical (unpaired) electrons. The zero-order chi connectivity index (χ0) is 20.6. The first kappa shape index (κ1) is 19.8. The Morgan fingerprint density at radius 2 is 2.17 bits per heavy atom. The van der Waals surface area contributed by atoms with Crippen molar-refractivity contribution < 1.29 is 17.7 Å². The number of rotatable bonds is 4. The molecule has 1 aliphatic heterocycles. The molecule has 2 aliphatic rings. The minimum absolute atomic E-state index is 0.0881. The molecule has 0 saturated carbocycles. The topological polar surface area (TPSA) is 80.6 Å². The summed E-state index contributed by atoms with van der Waals surface area (Å²) in [5.41, 5.74) is 2.54. The number of nitrogens with zero attached hydrogens (tertiary/aromatic N) is 5. The molecular formula is C19H21F2N5O2S. The second-order valence-electron chi connectivity index (χ2n) is 7.18. The van der Waals surface area contributed by atoms with Gasteiger partial charge in [-0.2, -0.15) is 4.36 Å². The number of ether oxygens (including phenoxy) is 1. The largest absolute Gasteiger partial charge is 0.377 e. The monoisotopic (exact) mass is 421 g/mol. The maximum Gasteiger partial charge on any atom is 0.260 e. The lowest BCUT2D eigenvalue weighted by Gasteiger charge is -2.36. The maximum atomic E-state index is 13.6. The lowest BCUT2D eigenvalue weighted by Crippen LogP contribution is -2.50. The van der Waals surface area contributed by atoms with Crippen LogP contribution in [0.2, 0.25) is 0 Å². The van der Waals surface area contributed by atoms with Crippen LogP contribution in [0.25, 0.3) is 17.5 Å². The molecule has 7 nitrogen and oxygen atoms in total. The number of hydrogen-bond acceptors (Lipinski definition) is 7. The van der Waals surface area contributed by atoms with Gasteiger partial charge in [0, 0.05) is 58.6 Å². The Labute approximate surface area is 168 Å². The van der Waals surface area contributed by atoms with Crippen molar-refractivity contribution in [2.75, 3.05) is 37.2 Å². The molecule has 154 valence electrons. The van der Waals surface area contributed by atoms with Crippen molar-refractivity contribution in [1.29, 1.82) is 0 Å². The number of aromatic nitrogens is 3. The second kappa shape index (κ2) is 7.75. The van der Waals surface area contributed by atoms with E-state index in [1.54, 1.807) is 12.3 Å². The van der Waals surface area contributed by atoms with E-state index >= 15 is 0 Å². The lowest BCUT2D eigenvalue weighted by molar-refractivity contribution is 0.0203. The summed E-state index contributed by atoms with van der Waals surface area (Å²) in [6.07, 6.45) is 6.74. The molecule has 3 heterocycles. The number of anilines is 1. The highest BCUT2D eigenvalue weighted by Gasteiger charge is 2.32. The van der Waals surface area contributed by atoms with Gasteiger partial charge in [0.05, 0.1) is 18.9 Å². The third kappa shape index (κ3) is 4.27. The predicted molar refractivity (Wildman–Crippen MR) is 108 cm³/mol. The molecule has 0 aromatic carbocycles. The van der Waals surface area contributed by atoms with E-state index < -0.39 is 22.2 Å². The fourth-order valence-electron chi connectivity index (χ4n) is 3.43. The number of hydrogen-bond donors (Lipinski definition) is 0. The number of allylic oxidation sites excluding steroid dienone is 1. The molecule has 2 aromatic heterocycles. The van der Waals surface area contributed by atoms with Gasteiger partial charge in [-0.1, -0.05) is 12.2 Å². The van der Waals surface area contributed by atoms with Crippen LogP contribution in [0.5, 0.6) is 0 Å². The van der Waals surface area contributed by atoms with Crippen LogP contribution in [0.3, 0.4) is 0 Å². The quantitative estimate of drug-likeness (QED) is 0.755. The Balaban J connectivity index is 1.88. The van der Waals surface area contributed by atoms with E-state index in [9.17, 15) is 13.0 Å². The summed E-state index contributed by atoms with van der Waals surface area (Å²) in [5, 5.41) is 0. The second-order valence-corrected chi connectivity index (χ2v) is 9.72. The average Bonchev–Trinajstić information content (AvgIpc) is 3.15. The summed E-state index contributed by atoms with van der Waals surface area (Å²) in [4.78, 5) is 14.9. The van der Waals surface area contributed by atoms with Gasteiger partial charge in [-0.3, -0.25) is 4.98 Å². The molecule has 10 heteroatoms. The van der Waals surface area contributed by atoms with Gasteiger partial charge in [-0.15, -0.1) is 0 Å². The molecule has 29 heavy (non-hydrogen) atoms. The van der Waals surface area contributed by atoms with Crippen molar-refractivity contribution in [3.05, 3.63) is 35.7 Å². The molecule has 0 N–H and O–H groups in total. The summed E-state index contributed by atoms with van der Waals surface area (Å²) in [6, 6.07) is 2.18. The molecule has 1 aliphatic carbocycles. The molecule has 1 saturated heterocycles. The zero-order valence-electron chi connectivity index (χ0n) is 16.1. The highest BCUT2D eigenvalue weighted by Crippen LogP contribution is 2.32. The van der Waals surface area contributed by atoms with E-state index in [1.807, 2.05) is 12.2 Å². The Bertz CT molecular complexity index is 1070. The van der Waals surface area contributed by atoms with Gasteiger partial charge in [0.1, 0.15) is 11.9 Å². The summed E-state index contributed by atoms with van der Waals surface area (Å²) in [7, 11) is -2.50. The first-order valence-corrected chi connectivity index (χ1v) is 11.5. The van der Waals surface area contributed by atoms with Gasteiger partial charge in [-0.05, 0) is 6.07 Å². The third-order valence-electron chi connectivity index (χ3n) is 4.67. The Morgan fingerprint density at radius 3 is 2.93 bits per heavy atom.